The molecule has 0 bridgehead atoms. The predicted octanol–water partition coefficient (Wildman–Crippen LogP) is 2.14. The molecule has 1 rings (SSSR count). The Morgan fingerprint density at radius 1 is 1.50 bits per heavy atom. The van der Waals surface area contributed by atoms with Gasteiger partial charge in [-0.1, -0.05) is 17.7 Å². The Kier molecular flexibility index (Phi) is 5.33. The quantitative estimate of drug-likeness (QED) is 0.764. The first-order chi connectivity index (χ1) is 6.72. The van der Waals surface area contributed by atoms with Crippen LogP contribution in [0.5, 0.6) is 0 Å². The summed E-state index contributed by atoms with van der Waals surface area (Å²) in [6.07, 6.45) is 0.329. The topological polar surface area (TPSA) is 46.2 Å². The van der Waals surface area contributed by atoms with Crippen molar-refractivity contribution in [1.29, 1.82) is 0 Å². The number of thioether (sulfide) groups is 1. The molecule has 0 saturated heterocycles. The maximum Gasteiger partial charge on any atom is 0.0670 e. The summed E-state index contributed by atoms with van der Waals surface area (Å²) < 4.78 is 0. The van der Waals surface area contributed by atoms with Crippen LogP contribution in [0.1, 0.15) is 6.42 Å². The molecule has 0 aliphatic carbocycles. The largest absolute Gasteiger partial charge is 0.392 e. The lowest BCUT2D eigenvalue weighted by molar-refractivity contribution is 0.180. The number of nitrogens with two attached hydrogens (primary N) is 1. The summed E-state index contributed by atoms with van der Waals surface area (Å²) in [6, 6.07) is 7.69. The van der Waals surface area contributed by atoms with E-state index >= 15 is 0 Å². The third-order valence-electron chi connectivity index (χ3n) is 1.79. The molecule has 0 spiro atoms. The van der Waals surface area contributed by atoms with Gasteiger partial charge in [-0.3, -0.25) is 0 Å². The van der Waals surface area contributed by atoms with E-state index in [1.807, 2.05) is 24.3 Å². The minimum Gasteiger partial charge on any atom is -0.392 e. The van der Waals surface area contributed by atoms with E-state index in [4.69, 9.17) is 17.3 Å². The lowest BCUT2D eigenvalue weighted by atomic mass is 10.3. The van der Waals surface area contributed by atoms with Crippen LogP contribution in [-0.2, 0) is 0 Å². The molecular weight excluding hydrogens is 218 g/mol. The van der Waals surface area contributed by atoms with Gasteiger partial charge in [0, 0.05) is 22.2 Å². The van der Waals surface area contributed by atoms with Crippen molar-refractivity contribution in [3.63, 3.8) is 0 Å². The maximum atomic E-state index is 9.23. The molecule has 78 valence electrons. The van der Waals surface area contributed by atoms with Gasteiger partial charge >= 0.3 is 0 Å². The highest BCUT2D eigenvalue weighted by molar-refractivity contribution is 7.99. The fourth-order valence-electron chi connectivity index (χ4n) is 0.987. The number of aliphatic hydroxyl groups excluding tert-OH is 1. The highest BCUT2D eigenvalue weighted by Crippen LogP contribution is 2.22. The number of rotatable bonds is 5. The van der Waals surface area contributed by atoms with Crippen molar-refractivity contribution in [2.45, 2.75) is 17.4 Å². The van der Waals surface area contributed by atoms with Gasteiger partial charge in [-0.2, -0.15) is 0 Å². The number of benzene rings is 1. The average Bonchev–Trinajstić information content (AvgIpc) is 2.17. The summed E-state index contributed by atoms with van der Waals surface area (Å²) in [5.41, 5.74) is 5.30. The van der Waals surface area contributed by atoms with E-state index in [0.29, 0.717) is 13.0 Å². The summed E-state index contributed by atoms with van der Waals surface area (Å²) in [5.74, 6) is 0.860. The van der Waals surface area contributed by atoms with Crippen molar-refractivity contribution in [3.05, 3.63) is 29.3 Å². The molecule has 1 unspecified atom stereocenters. The number of aliphatic hydroxyl groups is 1. The summed E-state index contributed by atoms with van der Waals surface area (Å²) >= 11 is 7.51. The average molecular weight is 232 g/mol. The molecule has 0 aromatic heterocycles. The van der Waals surface area contributed by atoms with Gasteiger partial charge in [0.05, 0.1) is 6.10 Å². The van der Waals surface area contributed by atoms with E-state index in [0.717, 1.165) is 15.7 Å². The Balaban J connectivity index is 2.31. The number of hydrogen-bond donors (Lipinski definition) is 2. The summed E-state index contributed by atoms with van der Waals surface area (Å²) in [4.78, 5) is 1.13. The minimum atomic E-state index is -0.387. The molecular formula is C10H14ClNOS. The second kappa shape index (κ2) is 6.30. The van der Waals surface area contributed by atoms with Crippen molar-refractivity contribution >= 4 is 23.4 Å². The zero-order valence-corrected chi connectivity index (χ0v) is 9.39. The van der Waals surface area contributed by atoms with Gasteiger partial charge in [0.2, 0.25) is 0 Å². The summed E-state index contributed by atoms with van der Waals surface area (Å²) in [5, 5.41) is 9.97. The van der Waals surface area contributed by atoms with Crippen molar-refractivity contribution in [2.24, 2.45) is 5.73 Å². The molecule has 1 aromatic carbocycles. The van der Waals surface area contributed by atoms with Crippen LogP contribution in [-0.4, -0.2) is 23.5 Å². The Bertz CT molecular complexity index is 283. The fraction of sp³-hybridized carbons (Fsp3) is 0.400. The molecule has 4 heteroatoms. The third-order valence-corrected chi connectivity index (χ3v) is 3.05. The van der Waals surface area contributed by atoms with Crippen molar-refractivity contribution in [2.75, 3.05) is 12.3 Å². The number of hydrogen-bond acceptors (Lipinski definition) is 3. The molecule has 0 saturated carbocycles. The monoisotopic (exact) mass is 231 g/mol. The number of halogens is 1. The molecule has 2 nitrogen and oxygen atoms in total. The molecule has 14 heavy (non-hydrogen) atoms. The standard InChI is InChI=1S/C10H14ClNOS/c11-8-2-1-3-10(6-8)14-5-4-9(13)7-12/h1-3,6,9,13H,4-5,7,12H2. The molecule has 1 atom stereocenters. The summed E-state index contributed by atoms with van der Waals surface area (Å²) in [7, 11) is 0. The normalized spacial score (nSPS) is 12.8. The lowest BCUT2D eigenvalue weighted by Gasteiger charge is -2.06. The lowest BCUT2D eigenvalue weighted by Crippen LogP contribution is -2.19. The minimum absolute atomic E-state index is 0.329. The maximum absolute atomic E-state index is 9.23. The van der Waals surface area contributed by atoms with Crippen LogP contribution >= 0.6 is 23.4 Å². The zero-order chi connectivity index (χ0) is 10.4. The van der Waals surface area contributed by atoms with Crippen molar-refractivity contribution < 1.29 is 5.11 Å². The smallest absolute Gasteiger partial charge is 0.0670 e. The van der Waals surface area contributed by atoms with Gasteiger partial charge in [0.15, 0.2) is 0 Å². The van der Waals surface area contributed by atoms with Gasteiger partial charge < -0.3 is 10.8 Å². The Hall–Kier alpha value is -0.220. The van der Waals surface area contributed by atoms with E-state index in [1.165, 1.54) is 0 Å². The van der Waals surface area contributed by atoms with Crippen LogP contribution in [0.3, 0.4) is 0 Å². The van der Waals surface area contributed by atoms with Crippen LogP contribution in [0, 0.1) is 0 Å². The van der Waals surface area contributed by atoms with Gasteiger partial charge in [0.1, 0.15) is 0 Å². The SMILES string of the molecule is NCC(O)CCSc1cccc(Cl)c1. The van der Waals surface area contributed by atoms with E-state index in [-0.39, 0.29) is 6.10 Å². The molecule has 0 amide bonds. The zero-order valence-electron chi connectivity index (χ0n) is 7.82. The van der Waals surface area contributed by atoms with E-state index < -0.39 is 0 Å². The van der Waals surface area contributed by atoms with Gasteiger partial charge in [0.25, 0.3) is 0 Å². The van der Waals surface area contributed by atoms with Gasteiger partial charge in [-0.25, -0.2) is 0 Å². The first kappa shape index (κ1) is 11.9. The van der Waals surface area contributed by atoms with Crippen LogP contribution in [0.25, 0.3) is 0 Å². The van der Waals surface area contributed by atoms with E-state index in [1.54, 1.807) is 11.8 Å². The molecule has 0 fully saturated rings. The van der Waals surface area contributed by atoms with Gasteiger partial charge in [-0.15, -0.1) is 11.8 Å². The second-order valence-corrected chi connectivity index (χ2v) is 4.59. The molecule has 3 N–H and O–H groups in total. The first-order valence-corrected chi connectivity index (χ1v) is 5.85. The van der Waals surface area contributed by atoms with E-state index in [2.05, 4.69) is 0 Å². The van der Waals surface area contributed by atoms with Crippen LogP contribution in [0.15, 0.2) is 29.2 Å². The molecule has 0 aliphatic heterocycles. The fourth-order valence-corrected chi connectivity index (χ4v) is 2.25. The van der Waals surface area contributed by atoms with Gasteiger partial charge in [-0.05, 0) is 24.6 Å². The predicted molar refractivity (Wildman–Crippen MR) is 61.9 cm³/mol. The van der Waals surface area contributed by atoms with Crippen LogP contribution < -0.4 is 5.73 Å². The van der Waals surface area contributed by atoms with Crippen LogP contribution in [0.4, 0.5) is 0 Å². The highest BCUT2D eigenvalue weighted by atomic mass is 35.5. The molecule has 1 aromatic rings. The molecule has 0 radical (unpaired) electrons. The third kappa shape index (κ3) is 4.33. The van der Waals surface area contributed by atoms with E-state index in [9.17, 15) is 5.11 Å². The van der Waals surface area contributed by atoms with Crippen molar-refractivity contribution in [3.8, 4) is 0 Å². The first-order valence-electron chi connectivity index (χ1n) is 4.49. The molecule has 0 aliphatic rings. The Labute approximate surface area is 93.5 Å². The molecule has 0 heterocycles. The Morgan fingerprint density at radius 2 is 2.29 bits per heavy atom. The second-order valence-electron chi connectivity index (χ2n) is 2.98. The van der Waals surface area contributed by atoms with Crippen molar-refractivity contribution in [1.82, 2.24) is 0 Å². The highest BCUT2D eigenvalue weighted by Gasteiger charge is 2.01. The Morgan fingerprint density at radius 3 is 2.93 bits per heavy atom. The van der Waals surface area contributed by atoms with Crippen LogP contribution in [0.2, 0.25) is 5.02 Å². The summed E-state index contributed by atoms with van der Waals surface area (Å²) in [6.45, 7) is 0.329.